The lowest BCUT2D eigenvalue weighted by Gasteiger charge is -2.17. The number of nitrogens with zero attached hydrogens (tertiary/aromatic N) is 1. The molecular weight excluding hydrogens is 403 g/mol. The molecule has 1 atom stereocenters. The van der Waals surface area contributed by atoms with Crippen LogP contribution in [0.2, 0.25) is 10.0 Å². The summed E-state index contributed by atoms with van der Waals surface area (Å²) < 4.78 is 10.4. The number of methoxy groups -OCH3 is 1. The van der Waals surface area contributed by atoms with Gasteiger partial charge in [0.25, 0.3) is 5.56 Å². The first-order chi connectivity index (χ1) is 13.4. The molecule has 146 valence electrons. The normalized spacial score (nSPS) is 12.0. The van der Waals surface area contributed by atoms with Crippen LogP contribution >= 0.6 is 23.2 Å². The van der Waals surface area contributed by atoms with Crippen molar-refractivity contribution in [1.82, 2.24) is 10.2 Å². The minimum absolute atomic E-state index is 0.228. The molecule has 2 aromatic carbocycles. The zero-order valence-corrected chi connectivity index (χ0v) is 16.8. The summed E-state index contributed by atoms with van der Waals surface area (Å²) in [6, 6.07) is 10.2. The van der Waals surface area contributed by atoms with E-state index in [0.717, 1.165) is 5.56 Å². The summed E-state index contributed by atoms with van der Waals surface area (Å²) >= 11 is 12.1. The van der Waals surface area contributed by atoms with Crippen LogP contribution in [0.25, 0.3) is 10.8 Å². The number of fused-ring (bicyclic) bond motifs is 1. The van der Waals surface area contributed by atoms with Gasteiger partial charge in [-0.25, -0.2) is 5.10 Å². The van der Waals surface area contributed by atoms with Crippen LogP contribution in [0.1, 0.15) is 24.1 Å². The molecule has 0 bridgehead atoms. The fraction of sp³-hybridized carbons (Fsp3) is 0.250. The number of hydrogen-bond acceptors (Lipinski definition) is 5. The molecule has 0 fully saturated rings. The van der Waals surface area contributed by atoms with Gasteiger partial charge in [0, 0.05) is 5.39 Å². The van der Waals surface area contributed by atoms with E-state index < -0.39 is 11.9 Å². The largest absolute Gasteiger partial charge is 0.497 e. The summed E-state index contributed by atoms with van der Waals surface area (Å²) in [5.41, 5.74) is 0.846. The summed E-state index contributed by atoms with van der Waals surface area (Å²) in [5, 5.41) is 8.39. The molecule has 0 amide bonds. The van der Waals surface area contributed by atoms with Gasteiger partial charge in [-0.05, 0) is 49.2 Å². The quantitative estimate of drug-likeness (QED) is 0.606. The molecule has 28 heavy (non-hydrogen) atoms. The van der Waals surface area contributed by atoms with Crippen LogP contribution in [0.3, 0.4) is 0 Å². The number of aromatic nitrogens is 2. The molecule has 0 aliphatic heterocycles. The summed E-state index contributed by atoms with van der Waals surface area (Å²) in [6.45, 7) is 1.96. The molecular formula is C20H18Cl2N2O4. The minimum Gasteiger partial charge on any atom is -0.497 e. The van der Waals surface area contributed by atoms with Crippen LogP contribution < -0.4 is 10.3 Å². The second-order valence-electron chi connectivity index (χ2n) is 6.11. The van der Waals surface area contributed by atoms with Crippen molar-refractivity contribution in [2.45, 2.75) is 19.3 Å². The number of aromatic amines is 1. The van der Waals surface area contributed by atoms with Crippen molar-refractivity contribution in [3.63, 3.8) is 0 Å². The predicted octanol–water partition coefficient (Wildman–Crippen LogP) is 4.13. The highest BCUT2D eigenvalue weighted by Gasteiger charge is 2.27. The number of nitrogens with one attached hydrogen (secondary N) is 1. The number of hydrogen-bond donors (Lipinski definition) is 1. The number of rotatable bonds is 6. The van der Waals surface area contributed by atoms with E-state index in [0.29, 0.717) is 32.3 Å². The number of ether oxygens (including phenoxy) is 2. The van der Waals surface area contributed by atoms with E-state index in [2.05, 4.69) is 10.2 Å². The number of halogens is 2. The van der Waals surface area contributed by atoms with Gasteiger partial charge in [-0.15, -0.1) is 0 Å². The van der Waals surface area contributed by atoms with Crippen LogP contribution in [0, 0.1) is 0 Å². The zero-order valence-electron chi connectivity index (χ0n) is 15.3. The standard InChI is InChI=1S/C20H18Cl2N2O4/c1-3-28-20(26)15(8-11-4-7-16(21)17(22)9-11)18-13-6-5-12(27-2)10-14(13)19(25)24-23-18/h4-7,9-10,15H,3,8H2,1-2H3,(H,24,25). The number of H-pyrrole nitrogens is 1. The Morgan fingerprint density at radius 1 is 1.14 bits per heavy atom. The molecule has 1 heterocycles. The highest BCUT2D eigenvalue weighted by atomic mass is 35.5. The Bertz CT molecular complexity index is 1080. The number of carbonyl (C=O) groups is 1. The highest BCUT2D eigenvalue weighted by molar-refractivity contribution is 6.42. The molecule has 6 nitrogen and oxygen atoms in total. The fourth-order valence-electron chi connectivity index (χ4n) is 3.00. The molecule has 0 aliphatic rings. The monoisotopic (exact) mass is 420 g/mol. The number of carbonyl (C=O) groups excluding carboxylic acids is 1. The molecule has 3 aromatic rings. The average molecular weight is 421 g/mol. The Balaban J connectivity index is 2.12. The Morgan fingerprint density at radius 2 is 1.93 bits per heavy atom. The molecule has 0 aliphatic carbocycles. The van der Waals surface area contributed by atoms with Gasteiger partial charge < -0.3 is 9.47 Å². The predicted molar refractivity (Wildman–Crippen MR) is 108 cm³/mol. The third kappa shape index (κ3) is 4.13. The summed E-state index contributed by atoms with van der Waals surface area (Å²) in [4.78, 5) is 24.9. The second-order valence-corrected chi connectivity index (χ2v) is 6.92. The van der Waals surface area contributed by atoms with Gasteiger partial charge in [0.05, 0.1) is 34.8 Å². The molecule has 0 saturated heterocycles. The summed E-state index contributed by atoms with van der Waals surface area (Å²) in [6.07, 6.45) is 0.288. The van der Waals surface area contributed by atoms with Gasteiger partial charge >= 0.3 is 5.97 Å². The number of benzene rings is 2. The van der Waals surface area contributed by atoms with Crippen LogP contribution in [0.5, 0.6) is 5.75 Å². The topological polar surface area (TPSA) is 81.3 Å². The number of esters is 1. The Morgan fingerprint density at radius 3 is 2.61 bits per heavy atom. The molecule has 1 N–H and O–H groups in total. The average Bonchev–Trinajstić information content (AvgIpc) is 2.69. The van der Waals surface area contributed by atoms with Crippen LogP contribution in [0.4, 0.5) is 0 Å². The van der Waals surface area contributed by atoms with Crippen LogP contribution in [-0.4, -0.2) is 29.9 Å². The lowest BCUT2D eigenvalue weighted by atomic mass is 9.93. The third-order valence-corrected chi connectivity index (χ3v) is 5.09. The van der Waals surface area contributed by atoms with Crippen molar-refractivity contribution in [2.75, 3.05) is 13.7 Å². The maximum Gasteiger partial charge on any atom is 0.315 e. The lowest BCUT2D eigenvalue weighted by molar-refractivity contribution is -0.145. The minimum atomic E-state index is -0.732. The van der Waals surface area contributed by atoms with Crippen molar-refractivity contribution >= 4 is 39.9 Å². The van der Waals surface area contributed by atoms with Gasteiger partial charge in [-0.1, -0.05) is 29.3 Å². The first kappa shape index (κ1) is 20.2. The van der Waals surface area contributed by atoms with Crippen molar-refractivity contribution < 1.29 is 14.3 Å². The maximum atomic E-state index is 12.7. The smallest absolute Gasteiger partial charge is 0.315 e. The van der Waals surface area contributed by atoms with E-state index in [-0.39, 0.29) is 18.6 Å². The van der Waals surface area contributed by atoms with Gasteiger partial charge in [-0.3, -0.25) is 9.59 Å². The van der Waals surface area contributed by atoms with Gasteiger partial charge in [-0.2, -0.15) is 5.10 Å². The summed E-state index contributed by atoms with van der Waals surface area (Å²) in [5.74, 6) is -0.637. The van der Waals surface area contributed by atoms with E-state index in [9.17, 15) is 9.59 Å². The maximum absolute atomic E-state index is 12.7. The van der Waals surface area contributed by atoms with Gasteiger partial charge in [0.2, 0.25) is 0 Å². The molecule has 3 rings (SSSR count). The van der Waals surface area contributed by atoms with Crippen molar-refractivity contribution in [3.8, 4) is 5.75 Å². The molecule has 1 unspecified atom stereocenters. The van der Waals surface area contributed by atoms with Crippen LogP contribution in [-0.2, 0) is 16.0 Å². The van der Waals surface area contributed by atoms with Gasteiger partial charge in [0.1, 0.15) is 11.7 Å². The lowest BCUT2D eigenvalue weighted by Crippen LogP contribution is -2.22. The van der Waals surface area contributed by atoms with E-state index >= 15 is 0 Å². The highest BCUT2D eigenvalue weighted by Crippen LogP contribution is 2.30. The van der Waals surface area contributed by atoms with E-state index in [4.69, 9.17) is 32.7 Å². The molecule has 8 heteroatoms. The Labute approximate surface area is 171 Å². The first-order valence-electron chi connectivity index (χ1n) is 8.61. The first-order valence-corrected chi connectivity index (χ1v) is 9.37. The fourth-order valence-corrected chi connectivity index (χ4v) is 3.32. The van der Waals surface area contributed by atoms with Crippen molar-refractivity contribution in [2.24, 2.45) is 0 Å². The molecule has 1 aromatic heterocycles. The van der Waals surface area contributed by atoms with E-state index in [1.54, 1.807) is 43.3 Å². The Hall–Kier alpha value is -2.57. The van der Waals surface area contributed by atoms with E-state index in [1.165, 1.54) is 7.11 Å². The van der Waals surface area contributed by atoms with Crippen molar-refractivity contribution in [1.29, 1.82) is 0 Å². The van der Waals surface area contributed by atoms with Gasteiger partial charge in [0.15, 0.2) is 0 Å². The molecule has 0 saturated carbocycles. The van der Waals surface area contributed by atoms with E-state index in [1.807, 2.05) is 0 Å². The third-order valence-electron chi connectivity index (χ3n) is 4.35. The van der Waals surface area contributed by atoms with Crippen LogP contribution in [0.15, 0.2) is 41.2 Å². The molecule has 0 radical (unpaired) electrons. The molecule has 0 spiro atoms. The summed E-state index contributed by atoms with van der Waals surface area (Å²) in [7, 11) is 1.52. The van der Waals surface area contributed by atoms with Crippen molar-refractivity contribution in [3.05, 3.63) is 68.1 Å². The zero-order chi connectivity index (χ0) is 20.3. The Kier molecular flexibility index (Phi) is 6.21. The SMILES string of the molecule is CCOC(=O)C(Cc1ccc(Cl)c(Cl)c1)c1n[nH]c(=O)c2cc(OC)ccc12. The second kappa shape index (κ2) is 8.63.